The second-order valence-corrected chi connectivity index (χ2v) is 7.02. The van der Waals surface area contributed by atoms with Gasteiger partial charge < -0.3 is 11.1 Å². The fraction of sp³-hybridized carbons (Fsp3) is 0.273. The van der Waals surface area contributed by atoms with E-state index in [0.717, 1.165) is 47.8 Å². The Hall–Kier alpha value is -2.14. The molecule has 1 aliphatic carbocycles. The lowest BCUT2D eigenvalue weighted by Crippen LogP contribution is -2.40. The van der Waals surface area contributed by atoms with Gasteiger partial charge in [0, 0.05) is 23.0 Å². The molecule has 0 spiro atoms. The molecule has 6 heteroatoms. The van der Waals surface area contributed by atoms with Crippen molar-refractivity contribution in [2.75, 3.05) is 0 Å². The van der Waals surface area contributed by atoms with E-state index in [9.17, 15) is 4.79 Å². The highest BCUT2D eigenvalue weighted by molar-refractivity contribution is 6.07. The smallest absolute Gasteiger partial charge is 0.252 e. The number of benzene rings is 2. The number of pyridine rings is 1. The number of nitrogens with one attached hydrogen (secondary N) is 1. The third kappa shape index (κ3) is 4.82. The summed E-state index contributed by atoms with van der Waals surface area (Å²) in [5.41, 5.74) is 9.33. The number of nitrogens with zero attached hydrogens (tertiary/aromatic N) is 1. The summed E-state index contributed by atoms with van der Waals surface area (Å²) in [6.45, 7) is 0. The third-order valence-corrected chi connectivity index (χ3v) is 5.14. The average Bonchev–Trinajstić information content (AvgIpc) is 2.69. The fourth-order valence-electron chi connectivity index (χ4n) is 3.65. The van der Waals surface area contributed by atoms with Gasteiger partial charge in [-0.05, 0) is 37.8 Å². The number of para-hydroxylation sites is 1. The van der Waals surface area contributed by atoms with Gasteiger partial charge in [-0.1, -0.05) is 48.5 Å². The van der Waals surface area contributed by atoms with Crippen molar-refractivity contribution in [3.63, 3.8) is 0 Å². The highest BCUT2D eigenvalue weighted by atomic mass is 35.5. The van der Waals surface area contributed by atoms with Crippen molar-refractivity contribution in [2.45, 2.75) is 37.8 Å². The summed E-state index contributed by atoms with van der Waals surface area (Å²) in [7, 11) is 0. The molecule has 0 saturated heterocycles. The molecule has 1 amide bonds. The predicted molar refractivity (Wildman–Crippen MR) is 119 cm³/mol. The Morgan fingerprint density at radius 1 is 0.929 bits per heavy atom. The van der Waals surface area contributed by atoms with E-state index in [0.29, 0.717) is 5.56 Å². The van der Waals surface area contributed by atoms with E-state index in [1.807, 2.05) is 60.7 Å². The summed E-state index contributed by atoms with van der Waals surface area (Å²) in [6, 6.07) is 20.2. The number of rotatable bonds is 3. The molecule has 0 atom stereocenters. The first-order valence-corrected chi connectivity index (χ1v) is 9.22. The number of nitrogens with two attached hydrogens (primary N) is 1. The molecule has 2 aromatic carbocycles. The number of carbonyl (C=O) groups excluding carboxylic acids is 1. The number of fused-ring (bicyclic) bond motifs is 1. The lowest BCUT2D eigenvalue weighted by molar-refractivity contribution is 0.0927. The number of aromatic nitrogens is 1. The van der Waals surface area contributed by atoms with Crippen LogP contribution in [0.3, 0.4) is 0 Å². The Kier molecular flexibility index (Phi) is 7.81. The van der Waals surface area contributed by atoms with Crippen molar-refractivity contribution in [1.29, 1.82) is 0 Å². The van der Waals surface area contributed by atoms with Crippen LogP contribution >= 0.6 is 24.8 Å². The van der Waals surface area contributed by atoms with Crippen LogP contribution in [0.1, 0.15) is 36.0 Å². The van der Waals surface area contributed by atoms with Crippen molar-refractivity contribution in [3.8, 4) is 11.3 Å². The van der Waals surface area contributed by atoms with Gasteiger partial charge in [-0.2, -0.15) is 0 Å². The SMILES string of the molecule is Cl.Cl.NC1CCC(NC(=O)c2cc(-c3ccccc3)nc3ccccc23)CC1. The number of carbonyl (C=O) groups is 1. The van der Waals surface area contributed by atoms with E-state index < -0.39 is 0 Å². The van der Waals surface area contributed by atoms with Crippen molar-refractivity contribution in [3.05, 3.63) is 66.2 Å². The molecule has 1 fully saturated rings. The average molecular weight is 418 g/mol. The minimum atomic E-state index is -0.0266. The zero-order valence-electron chi connectivity index (χ0n) is 15.5. The van der Waals surface area contributed by atoms with Crippen LogP contribution < -0.4 is 11.1 Å². The first-order valence-electron chi connectivity index (χ1n) is 9.22. The molecule has 4 rings (SSSR count). The van der Waals surface area contributed by atoms with Gasteiger partial charge in [-0.25, -0.2) is 4.98 Å². The van der Waals surface area contributed by atoms with E-state index in [1.54, 1.807) is 0 Å². The summed E-state index contributed by atoms with van der Waals surface area (Å²) in [4.78, 5) is 17.8. The zero-order chi connectivity index (χ0) is 17.9. The first kappa shape index (κ1) is 22.2. The van der Waals surface area contributed by atoms with Crippen molar-refractivity contribution in [1.82, 2.24) is 10.3 Å². The number of halogens is 2. The molecule has 1 heterocycles. The molecule has 0 bridgehead atoms. The second kappa shape index (κ2) is 9.87. The second-order valence-electron chi connectivity index (χ2n) is 7.02. The predicted octanol–water partition coefficient (Wildman–Crippen LogP) is 4.75. The number of hydrogen-bond acceptors (Lipinski definition) is 3. The maximum Gasteiger partial charge on any atom is 0.252 e. The van der Waals surface area contributed by atoms with E-state index >= 15 is 0 Å². The van der Waals surface area contributed by atoms with Crippen LogP contribution in [-0.2, 0) is 0 Å². The molecular weight excluding hydrogens is 393 g/mol. The maximum absolute atomic E-state index is 13.0. The van der Waals surface area contributed by atoms with Gasteiger partial charge in [-0.3, -0.25) is 4.79 Å². The number of hydrogen-bond donors (Lipinski definition) is 2. The number of amides is 1. The van der Waals surface area contributed by atoms with Crippen LogP contribution in [-0.4, -0.2) is 23.0 Å². The summed E-state index contributed by atoms with van der Waals surface area (Å²) in [6.07, 6.45) is 3.83. The molecule has 4 nitrogen and oxygen atoms in total. The minimum absolute atomic E-state index is 0. The van der Waals surface area contributed by atoms with Crippen LogP contribution in [0, 0.1) is 0 Å². The largest absolute Gasteiger partial charge is 0.349 e. The van der Waals surface area contributed by atoms with Gasteiger partial charge in [0.25, 0.3) is 5.91 Å². The van der Waals surface area contributed by atoms with Gasteiger partial charge in [0.2, 0.25) is 0 Å². The quantitative estimate of drug-likeness (QED) is 0.645. The summed E-state index contributed by atoms with van der Waals surface area (Å²) >= 11 is 0. The maximum atomic E-state index is 13.0. The summed E-state index contributed by atoms with van der Waals surface area (Å²) in [5.74, 6) is -0.0266. The van der Waals surface area contributed by atoms with Crippen LogP contribution in [0.25, 0.3) is 22.2 Å². The molecule has 0 aliphatic heterocycles. The van der Waals surface area contributed by atoms with Crippen LogP contribution in [0.4, 0.5) is 0 Å². The third-order valence-electron chi connectivity index (χ3n) is 5.14. The molecule has 1 aliphatic rings. The summed E-state index contributed by atoms with van der Waals surface area (Å²) in [5, 5.41) is 4.09. The Labute approximate surface area is 177 Å². The van der Waals surface area contributed by atoms with Crippen LogP contribution in [0.15, 0.2) is 60.7 Å². The minimum Gasteiger partial charge on any atom is -0.349 e. The standard InChI is InChI=1S/C22H23N3O.2ClH/c23-16-10-12-17(13-11-16)24-22(26)19-14-21(15-6-2-1-3-7-15)25-20-9-5-4-8-18(19)20;;/h1-9,14,16-17H,10-13,23H2,(H,24,26);2*1H. The Bertz CT molecular complexity index is 925. The van der Waals surface area contributed by atoms with Crippen molar-refractivity contribution < 1.29 is 4.79 Å². The molecule has 1 aromatic heterocycles. The molecule has 0 radical (unpaired) electrons. The van der Waals surface area contributed by atoms with Crippen molar-refractivity contribution >= 4 is 41.6 Å². The Balaban J connectivity index is 0.00000140. The van der Waals surface area contributed by atoms with Crippen molar-refractivity contribution in [2.24, 2.45) is 5.73 Å². The zero-order valence-corrected chi connectivity index (χ0v) is 17.1. The van der Waals surface area contributed by atoms with Crippen LogP contribution in [0.2, 0.25) is 0 Å². The Morgan fingerprint density at radius 2 is 1.57 bits per heavy atom. The van der Waals surface area contributed by atoms with E-state index in [2.05, 4.69) is 5.32 Å². The van der Waals surface area contributed by atoms with Gasteiger partial charge in [0.05, 0.1) is 16.8 Å². The summed E-state index contributed by atoms with van der Waals surface area (Å²) < 4.78 is 0. The van der Waals surface area contributed by atoms with Gasteiger partial charge in [-0.15, -0.1) is 24.8 Å². The first-order chi connectivity index (χ1) is 12.7. The lowest BCUT2D eigenvalue weighted by atomic mass is 9.91. The molecule has 28 heavy (non-hydrogen) atoms. The van der Waals surface area contributed by atoms with Gasteiger partial charge >= 0.3 is 0 Å². The van der Waals surface area contributed by atoms with E-state index in [4.69, 9.17) is 10.7 Å². The molecule has 1 saturated carbocycles. The lowest BCUT2D eigenvalue weighted by Gasteiger charge is -2.27. The monoisotopic (exact) mass is 417 g/mol. The highest BCUT2D eigenvalue weighted by Gasteiger charge is 2.22. The highest BCUT2D eigenvalue weighted by Crippen LogP contribution is 2.25. The molecule has 148 valence electrons. The topological polar surface area (TPSA) is 68.0 Å². The molecular formula is C22H25Cl2N3O. The normalized spacial score (nSPS) is 18.6. The molecule has 3 aromatic rings. The van der Waals surface area contributed by atoms with E-state index in [1.165, 1.54) is 0 Å². The van der Waals surface area contributed by atoms with Gasteiger partial charge in [0.15, 0.2) is 0 Å². The van der Waals surface area contributed by atoms with Gasteiger partial charge in [0.1, 0.15) is 0 Å². The fourth-order valence-corrected chi connectivity index (χ4v) is 3.65. The Morgan fingerprint density at radius 3 is 2.29 bits per heavy atom. The molecule has 3 N–H and O–H groups in total. The van der Waals surface area contributed by atoms with Crippen LogP contribution in [0.5, 0.6) is 0 Å². The van der Waals surface area contributed by atoms with E-state index in [-0.39, 0.29) is 42.8 Å². The molecule has 0 unspecified atom stereocenters.